The smallest absolute Gasteiger partial charge is 0.319 e. The molecule has 0 bridgehead atoms. The molecule has 1 heterocycles. The Balaban J connectivity index is 1.89. The van der Waals surface area contributed by atoms with E-state index in [-0.39, 0.29) is 10.6 Å². The van der Waals surface area contributed by atoms with Gasteiger partial charge in [0.2, 0.25) is 0 Å². The number of carbonyl (C=O) groups excluding carboxylic acids is 3. The molecule has 0 spiro atoms. The van der Waals surface area contributed by atoms with Crippen LogP contribution in [0.4, 0.5) is 9.18 Å². The summed E-state index contributed by atoms with van der Waals surface area (Å²) in [6.07, 6.45) is 0. The highest BCUT2D eigenvalue weighted by molar-refractivity contribution is 6.35. The van der Waals surface area contributed by atoms with E-state index in [0.717, 1.165) is 11.0 Å². The molecule has 0 aromatic heterocycles. The molecule has 5 nitrogen and oxygen atoms in total. The normalized spacial score (nSPS) is 19.6. The van der Waals surface area contributed by atoms with Gasteiger partial charge in [0.25, 0.3) is 5.91 Å². The molecule has 1 aliphatic heterocycles. The highest BCUT2D eigenvalue weighted by Crippen LogP contribution is 2.35. The summed E-state index contributed by atoms with van der Waals surface area (Å²) in [5.74, 6) is -2.05. The zero-order valence-electron chi connectivity index (χ0n) is 13.6. The lowest BCUT2D eigenvalue weighted by Crippen LogP contribution is -2.41. The maximum atomic E-state index is 13.8. The lowest BCUT2D eigenvalue weighted by Gasteiger charge is -2.23. The molecule has 26 heavy (non-hydrogen) atoms. The second-order valence-electron chi connectivity index (χ2n) is 5.97. The minimum absolute atomic E-state index is 0.189. The van der Waals surface area contributed by atoms with Crippen molar-refractivity contribution in [1.82, 2.24) is 10.2 Å². The monoisotopic (exact) mass is 394 g/mol. The molecule has 0 aliphatic carbocycles. The quantitative estimate of drug-likeness (QED) is 0.633. The van der Waals surface area contributed by atoms with Gasteiger partial charge < -0.3 is 5.32 Å². The van der Waals surface area contributed by atoms with Gasteiger partial charge in [-0.1, -0.05) is 41.4 Å². The van der Waals surface area contributed by atoms with E-state index < -0.39 is 35.6 Å². The Morgan fingerprint density at radius 2 is 1.88 bits per heavy atom. The molecule has 0 unspecified atom stereocenters. The molecule has 1 saturated heterocycles. The molecule has 1 aliphatic rings. The minimum atomic E-state index is -1.45. The summed E-state index contributed by atoms with van der Waals surface area (Å²) >= 11 is 12.0. The van der Waals surface area contributed by atoms with Gasteiger partial charge in [-0.25, -0.2) is 9.18 Å². The number of hydrogen-bond donors (Lipinski definition) is 1. The third-order valence-corrected chi connectivity index (χ3v) is 4.77. The maximum absolute atomic E-state index is 13.8. The summed E-state index contributed by atoms with van der Waals surface area (Å²) in [5.41, 5.74) is -1.29. The van der Waals surface area contributed by atoms with Gasteiger partial charge >= 0.3 is 6.03 Å². The molecule has 134 valence electrons. The fourth-order valence-corrected chi connectivity index (χ4v) is 3.43. The van der Waals surface area contributed by atoms with Crippen LogP contribution in [0.5, 0.6) is 0 Å². The van der Waals surface area contributed by atoms with Gasteiger partial charge in [0.05, 0.1) is 12.1 Å². The first-order valence-corrected chi connectivity index (χ1v) is 8.37. The van der Waals surface area contributed by atoms with Crippen molar-refractivity contribution in [3.63, 3.8) is 0 Å². The summed E-state index contributed by atoms with van der Waals surface area (Å²) < 4.78 is 13.8. The van der Waals surface area contributed by atoms with E-state index >= 15 is 0 Å². The van der Waals surface area contributed by atoms with Crippen LogP contribution < -0.4 is 5.32 Å². The SMILES string of the molecule is C[C@]1(c2ccc(Cl)cc2Cl)NC(=O)N(CC(=O)c2ccccc2F)C1=O. The van der Waals surface area contributed by atoms with Crippen LogP contribution in [0.3, 0.4) is 0 Å². The van der Waals surface area contributed by atoms with E-state index in [2.05, 4.69) is 5.32 Å². The zero-order valence-corrected chi connectivity index (χ0v) is 15.1. The van der Waals surface area contributed by atoms with Gasteiger partial charge in [0.15, 0.2) is 5.78 Å². The van der Waals surface area contributed by atoms with Crippen molar-refractivity contribution in [3.8, 4) is 0 Å². The number of carbonyl (C=O) groups is 3. The third-order valence-electron chi connectivity index (χ3n) is 4.22. The second-order valence-corrected chi connectivity index (χ2v) is 6.82. The molecule has 1 fully saturated rings. The Morgan fingerprint density at radius 3 is 2.54 bits per heavy atom. The van der Waals surface area contributed by atoms with E-state index in [4.69, 9.17) is 23.2 Å². The van der Waals surface area contributed by atoms with Gasteiger partial charge in [-0.2, -0.15) is 0 Å². The van der Waals surface area contributed by atoms with Crippen LogP contribution in [0.1, 0.15) is 22.8 Å². The van der Waals surface area contributed by atoms with Crippen molar-refractivity contribution in [3.05, 3.63) is 69.5 Å². The van der Waals surface area contributed by atoms with Crippen LogP contribution in [-0.2, 0) is 10.3 Å². The highest BCUT2D eigenvalue weighted by Gasteiger charge is 2.50. The molecule has 3 rings (SSSR count). The van der Waals surface area contributed by atoms with Crippen molar-refractivity contribution in [1.29, 1.82) is 0 Å². The first kappa shape index (κ1) is 18.4. The van der Waals surface area contributed by atoms with E-state index in [1.165, 1.54) is 37.3 Å². The Kier molecular flexibility index (Phi) is 4.73. The van der Waals surface area contributed by atoms with Crippen molar-refractivity contribution in [2.75, 3.05) is 6.54 Å². The molecule has 1 N–H and O–H groups in total. The van der Waals surface area contributed by atoms with E-state index in [1.54, 1.807) is 6.07 Å². The Labute approximate surface area is 158 Å². The number of urea groups is 1. The van der Waals surface area contributed by atoms with E-state index in [9.17, 15) is 18.8 Å². The number of nitrogens with one attached hydrogen (secondary N) is 1. The first-order chi connectivity index (χ1) is 12.2. The van der Waals surface area contributed by atoms with Crippen molar-refractivity contribution < 1.29 is 18.8 Å². The molecular formula is C18H13Cl2FN2O3. The second kappa shape index (κ2) is 6.70. The number of ketones is 1. The number of nitrogens with zero attached hydrogens (tertiary/aromatic N) is 1. The first-order valence-electron chi connectivity index (χ1n) is 7.61. The van der Waals surface area contributed by atoms with Crippen LogP contribution >= 0.6 is 23.2 Å². The number of hydrogen-bond acceptors (Lipinski definition) is 3. The van der Waals surface area contributed by atoms with Gasteiger partial charge in [0, 0.05) is 15.6 Å². The average molecular weight is 395 g/mol. The van der Waals surface area contributed by atoms with Crippen LogP contribution in [0.15, 0.2) is 42.5 Å². The van der Waals surface area contributed by atoms with Gasteiger partial charge in [0.1, 0.15) is 11.4 Å². The molecule has 8 heteroatoms. The summed E-state index contributed by atoms with van der Waals surface area (Å²) in [7, 11) is 0. The lowest BCUT2D eigenvalue weighted by molar-refractivity contribution is -0.130. The highest BCUT2D eigenvalue weighted by atomic mass is 35.5. The van der Waals surface area contributed by atoms with Gasteiger partial charge in [-0.05, 0) is 31.2 Å². The van der Waals surface area contributed by atoms with Crippen molar-refractivity contribution in [2.24, 2.45) is 0 Å². The fourth-order valence-electron chi connectivity index (χ4n) is 2.83. The summed E-state index contributed by atoms with van der Waals surface area (Å²) in [4.78, 5) is 38.2. The molecule has 3 amide bonds. The summed E-state index contributed by atoms with van der Waals surface area (Å²) in [6.45, 7) is 0.905. The predicted molar refractivity (Wildman–Crippen MR) is 94.8 cm³/mol. The molecule has 2 aromatic carbocycles. The fraction of sp³-hybridized carbons (Fsp3) is 0.167. The number of benzene rings is 2. The van der Waals surface area contributed by atoms with Crippen LogP contribution in [-0.4, -0.2) is 29.2 Å². The number of Topliss-reactive ketones (excluding diaryl/α,β-unsaturated/α-hetero) is 1. The number of halogens is 3. The van der Waals surface area contributed by atoms with Gasteiger partial charge in [-0.15, -0.1) is 0 Å². The number of imide groups is 1. The predicted octanol–water partition coefficient (Wildman–Crippen LogP) is 3.78. The van der Waals surface area contributed by atoms with Crippen LogP contribution in [0.25, 0.3) is 0 Å². The van der Waals surface area contributed by atoms with Crippen molar-refractivity contribution in [2.45, 2.75) is 12.5 Å². The Morgan fingerprint density at radius 1 is 1.19 bits per heavy atom. The molecular weight excluding hydrogens is 382 g/mol. The Hall–Kier alpha value is -2.44. The summed E-state index contributed by atoms with van der Waals surface area (Å²) in [6, 6.07) is 9.15. The lowest BCUT2D eigenvalue weighted by atomic mass is 9.92. The summed E-state index contributed by atoms with van der Waals surface area (Å²) in [5, 5.41) is 3.13. The largest absolute Gasteiger partial charge is 0.325 e. The topological polar surface area (TPSA) is 66.5 Å². The third kappa shape index (κ3) is 3.06. The van der Waals surface area contributed by atoms with Crippen molar-refractivity contribution >= 4 is 40.9 Å². The molecule has 1 atom stereocenters. The minimum Gasteiger partial charge on any atom is -0.319 e. The van der Waals surface area contributed by atoms with Crippen LogP contribution in [0, 0.1) is 5.82 Å². The van der Waals surface area contributed by atoms with Gasteiger partial charge in [-0.3, -0.25) is 14.5 Å². The molecule has 0 saturated carbocycles. The molecule has 2 aromatic rings. The maximum Gasteiger partial charge on any atom is 0.325 e. The number of rotatable bonds is 4. The Bertz CT molecular complexity index is 934. The number of amides is 3. The zero-order chi connectivity index (χ0) is 19.1. The van der Waals surface area contributed by atoms with E-state index in [1.807, 2.05) is 0 Å². The molecule has 0 radical (unpaired) electrons. The van der Waals surface area contributed by atoms with E-state index in [0.29, 0.717) is 10.6 Å². The standard InChI is InChI=1S/C18H13Cl2FN2O3/c1-18(12-7-6-10(19)8-13(12)20)16(25)23(17(26)22-18)9-15(24)11-4-2-3-5-14(11)21/h2-8H,9H2,1H3,(H,22,26)/t18-/m1/s1. The average Bonchev–Trinajstić information content (AvgIpc) is 2.79. The van der Waals surface area contributed by atoms with Crippen LogP contribution in [0.2, 0.25) is 10.0 Å².